The molecule has 1 amide bonds. The lowest BCUT2D eigenvalue weighted by Gasteiger charge is -2.14. The van der Waals surface area contributed by atoms with Gasteiger partial charge < -0.3 is 10.1 Å². The molecule has 2 aromatic carbocycles. The third-order valence-corrected chi connectivity index (χ3v) is 3.86. The van der Waals surface area contributed by atoms with Crippen LogP contribution in [0, 0.1) is 5.82 Å². The molecule has 0 aliphatic rings. The van der Waals surface area contributed by atoms with E-state index in [2.05, 4.69) is 10.3 Å². The molecule has 0 radical (unpaired) electrons. The fourth-order valence-electron chi connectivity index (χ4n) is 2.52. The van der Waals surface area contributed by atoms with E-state index in [0.717, 1.165) is 5.56 Å². The molecule has 0 saturated carbocycles. The Morgan fingerprint density at radius 3 is 2.70 bits per heavy atom. The molecule has 1 atom stereocenters. The number of halogens is 1. The Bertz CT molecular complexity index is 942. The van der Waals surface area contributed by atoms with Gasteiger partial charge in [0.2, 0.25) is 5.91 Å². The SMILES string of the molecule is CC(NC(=O)C=Cc1cccc(F)c1)c1cccc(Oc2cccnc2)c1. The smallest absolute Gasteiger partial charge is 0.244 e. The third-order valence-electron chi connectivity index (χ3n) is 3.86. The third kappa shape index (κ3) is 5.51. The summed E-state index contributed by atoms with van der Waals surface area (Å²) in [6.45, 7) is 1.89. The number of hydrogen-bond acceptors (Lipinski definition) is 3. The standard InChI is InChI=1S/C22H19FN2O2/c1-16(25-22(26)11-10-17-5-2-7-19(23)13-17)18-6-3-8-20(14-18)27-21-9-4-12-24-15-21/h2-16H,1H3,(H,25,26). The first-order chi connectivity index (χ1) is 13.1. The molecule has 1 aromatic heterocycles. The Balaban J connectivity index is 1.62. The highest BCUT2D eigenvalue weighted by Crippen LogP contribution is 2.24. The molecule has 0 bridgehead atoms. The van der Waals surface area contributed by atoms with Gasteiger partial charge in [-0.3, -0.25) is 9.78 Å². The zero-order valence-electron chi connectivity index (χ0n) is 14.8. The minimum absolute atomic E-state index is 0.216. The molecular weight excluding hydrogens is 343 g/mol. The van der Waals surface area contributed by atoms with Crippen LogP contribution in [0.5, 0.6) is 11.5 Å². The summed E-state index contributed by atoms with van der Waals surface area (Å²) < 4.78 is 18.9. The van der Waals surface area contributed by atoms with E-state index in [4.69, 9.17) is 4.74 Å². The zero-order chi connectivity index (χ0) is 19.1. The molecule has 0 saturated heterocycles. The highest BCUT2D eigenvalue weighted by molar-refractivity contribution is 5.91. The van der Waals surface area contributed by atoms with Crippen molar-refractivity contribution in [1.82, 2.24) is 10.3 Å². The lowest BCUT2D eigenvalue weighted by atomic mass is 10.1. The van der Waals surface area contributed by atoms with Gasteiger partial charge in [-0.05, 0) is 60.5 Å². The summed E-state index contributed by atoms with van der Waals surface area (Å²) >= 11 is 0. The summed E-state index contributed by atoms with van der Waals surface area (Å²) in [5, 5.41) is 2.88. The van der Waals surface area contributed by atoms with E-state index in [-0.39, 0.29) is 17.8 Å². The van der Waals surface area contributed by atoms with E-state index in [1.807, 2.05) is 37.3 Å². The van der Waals surface area contributed by atoms with E-state index in [1.165, 1.54) is 18.2 Å². The zero-order valence-corrected chi connectivity index (χ0v) is 14.8. The highest BCUT2D eigenvalue weighted by Gasteiger charge is 2.09. The molecular formula is C22H19FN2O2. The Kier molecular flexibility index (Phi) is 5.94. The highest BCUT2D eigenvalue weighted by atomic mass is 19.1. The Morgan fingerprint density at radius 1 is 1.11 bits per heavy atom. The van der Waals surface area contributed by atoms with Crippen molar-refractivity contribution in [3.63, 3.8) is 0 Å². The van der Waals surface area contributed by atoms with E-state index in [0.29, 0.717) is 17.1 Å². The number of ether oxygens (including phenoxy) is 1. The van der Waals surface area contributed by atoms with Gasteiger partial charge >= 0.3 is 0 Å². The van der Waals surface area contributed by atoms with Crippen molar-refractivity contribution in [3.05, 3.63) is 96.1 Å². The van der Waals surface area contributed by atoms with E-state index in [1.54, 1.807) is 36.7 Å². The first-order valence-corrected chi connectivity index (χ1v) is 8.52. The van der Waals surface area contributed by atoms with Gasteiger partial charge in [0, 0.05) is 12.3 Å². The van der Waals surface area contributed by atoms with E-state index >= 15 is 0 Å². The molecule has 1 N–H and O–H groups in total. The summed E-state index contributed by atoms with van der Waals surface area (Å²) in [6, 6.07) is 17.0. The Morgan fingerprint density at radius 2 is 1.93 bits per heavy atom. The van der Waals surface area contributed by atoms with Crippen LogP contribution in [0.2, 0.25) is 0 Å². The van der Waals surface area contributed by atoms with Crippen molar-refractivity contribution in [1.29, 1.82) is 0 Å². The van der Waals surface area contributed by atoms with Crippen molar-refractivity contribution in [2.45, 2.75) is 13.0 Å². The van der Waals surface area contributed by atoms with Crippen molar-refractivity contribution < 1.29 is 13.9 Å². The van der Waals surface area contributed by atoms with Crippen LogP contribution >= 0.6 is 0 Å². The monoisotopic (exact) mass is 362 g/mol. The molecule has 136 valence electrons. The lowest BCUT2D eigenvalue weighted by Crippen LogP contribution is -2.24. The number of hydrogen-bond donors (Lipinski definition) is 1. The first kappa shape index (κ1) is 18.3. The quantitative estimate of drug-likeness (QED) is 0.634. The van der Waals surface area contributed by atoms with E-state index < -0.39 is 0 Å². The molecule has 3 rings (SSSR count). The second-order valence-electron chi connectivity index (χ2n) is 5.98. The van der Waals surface area contributed by atoms with Crippen LogP contribution in [0.15, 0.2) is 79.1 Å². The fourth-order valence-corrected chi connectivity index (χ4v) is 2.52. The summed E-state index contributed by atoms with van der Waals surface area (Å²) in [5.41, 5.74) is 1.54. The van der Waals surface area contributed by atoms with Crippen molar-refractivity contribution in [2.75, 3.05) is 0 Å². The number of aromatic nitrogens is 1. The van der Waals surface area contributed by atoms with Gasteiger partial charge in [0.05, 0.1) is 12.2 Å². The number of rotatable bonds is 6. The predicted octanol–water partition coefficient (Wildman–Crippen LogP) is 4.90. The summed E-state index contributed by atoms with van der Waals surface area (Å²) in [7, 11) is 0. The largest absolute Gasteiger partial charge is 0.456 e. The lowest BCUT2D eigenvalue weighted by molar-refractivity contribution is -0.117. The molecule has 1 unspecified atom stereocenters. The maximum Gasteiger partial charge on any atom is 0.244 e. The summed E-state index contributed by atoms with van der Waals surface area (Å²) in [5.74, 6) is 0.711. The summed E-state index contributed by atoms with van der Waals surface area (Å²) in [4.78, 5) is 16.1. The topological polar surface area (TPSA) is 51.2 Å². The number of nitrogens with one attached hydrogen (secondary N) is 1. The minimum atomic E-state index is -0.337. The first-order valence-electron chi connectivity index (χ1n) is 8.52. The van der Waals surface area contributed by atoms with Gasteiger partial charge in [-0.25, -0.2) is 4.39 Å². The molecule has 3 aromatic rings. The number of amides is 1. The number of nitrogens with zero attached hydrogens (tertiary/aromatic N) is 1. The molecule has 27 heavy (non-hydrogen) atoms. The van der Waals surface area contributed by atoms with Crippen LogP contribution in [0.25, 0.3) is 6.08 Å². The predicted molar refractivity (Wildman–Crippen MR) is 103 cm³/mol. The number of benzene rings is 2. The van der Waals surface area contributed by atoms with Gasteiger partial charge in [-0.15, -0.1) is 0 Å². The maximum absolute atomic E-state index is 13.2. The van der Waals surface area contributed by atoms with Gasteiger partial charge in [0.15, 0.2) is 0 Å². The molecule has 0 fully saturated rings. The Labute approximate surface area is 157 Å². The van der Waals surface area contributed by atoms with Crippen LogP contribution in [-0.4, -0.2) is 10.9 Å². The molecule has 0 aliphatic heterocycles. The second-order valence-corrected chi connectivity index (χ2v) is 5.98. The molecule has 5 heteroatoms. The molecule has 4 nitrogen and oxygen atoms in total. The Hall–Kier alpha value is -3.47. The van der Waals surface area contributed by atoms with Crippen LogP contribution in [0.1, 0.15) is 24.1 Å². The van der Waals surface area contributed by atoms with Crippen LogP contribution in [-0.2, 0) is 4.79 Å². The van der Waals surface area contributed by atoms with E-state index in [9.17, 15) is 9.18 Å². The molecule has 1 heterocycles. The minimum Gasteiger partial charge on any atom is -0.456 e. The number of pyridine rings is 1. The normalized spacial score (nSPS) is 11.9. The van der Waals surface area contributed by atoms with Gasteiger partial charge in [0.1, 0.15) is 17.3 Å². The van der Waals surface area contributed by atoms with Gasteiger partial charge in [-0.1, -0.05) is 24.3 Å². The number of carbonyl (C=O) groups excluding carboxylic acids is 1. The summed E-state index contributed by atoms with van der Waals surface area (Å²) in [6.07, 6.45) is 6.28. The fraction of sp³-hybridized carbons (Fsp3) is 0.0909. The average molecular weight is 362 g/mol. The van der Waals surface area contributed by atoms with Crippen LogP contribution in [0.4, 0.5) is 4.39 Å². The molecule has 0 aliphatic carbocycles. The van der Waals surface area contributed by atoms with Crippen LogP contribution in [0.3, 0.4) is 0 Å². The maximum atomic E-state index is 13.2. The average Bonchev–Trinajstić information content (AvgIpc) is 2.67. The van der Waals surface area contributed by atoms with Crippen LogP contribution < -0.4 is 10.1 Å². The van der Waals surface area contributed by atoms with Gasteiger partial charge in [-0.2, -0.15) is 0 Å². The van der Waals surface area contributed by atoms with Crippen molar-refractivity contribution >= 4 is 12.0 Å². The van der Waals surface area contributed by atoms with Crippen molar-refractivity contribution in [3.8, 4) is 11.5 Å². The second kappa shape index (κ2) is 8.76. The van der Waals surface area contributed by atoms with Gasteiger partial charge in [0.25, 0.3) is 0 Å². The molecule has 0 spiro atoms. The number of carbonyl (C=O) groups is 1. The van der Waals surface area contributed by atoms with Crippen molar-refractivity contribution in [2.24, 2.45) is 0 Å².